The average molecular weight is 620 g/mol. The van der Waals surface area contributed by atoms with E-state index < -0.39 is 96.1 Å². The molecule has 39 heavy (non-hydrogen) atoms. The van der Waals surface area contributed by atoms with E-state index in [9.17, 15) is 84.5 Å². The lowest BCUT2D eigenvalue weighted by molar-refractivity contribution is -0.451. The number of carbonyl (C=O) groups excluding carboxylic acids is 1. The quantitative estimate of drug-likeness (QED) is 0.185. The van der Waals surface area contributed by atoms with Gasteiger partial charge in [-0.3, -0.25) is 4.79 Å². The molecule has 0 saturated heterocycles. The van der Waals surface area contributed by atoms with Gasteiger partial charge in [0, 0.05) is 0 Å². The minimum atomic E-state index is -8.85. The Morgan fingerprint density at radius 3 is 1.18 bits per heavy atom. The molecule has 5 nitrogen and oxygen atoms in total. The first kappa shape index (κ1) is 36.8. The van der Waals surface area contributed by atoms with Gasteiger partial charge in [-0.15, -0.1) is 0 Å². The van der Waals surface area contributed by atoms with Crippen LogP contribution in [0.25, 0.3) is 0 Å². The minimum Gasteiger partial charge on any atom is -0.395 e. The van der Waals surface area contributed by atoms with E-state index in [0.29, 0.717) is 0 Å². The zero-order chi connectivity index (χ0) is 32.1. The third-order valence-corrected chi connectivity index (χ3v) is 5.33. The van der Waals surface area contributed by atoms with Gasteiger partial charge in [-0.25, -0.2) is 8.78 Å². The van der Waals surface area contributed by atoms with Gasteiger partial charge in [-0.05, 0) is 6.08 Å². The number of allylic oxidation sites excluding steroid dienone is 1. The molecule has 0 fully saturated rings. The number of carbonyl (C=O) groups is 1. The fourth-order valence-electron chi connectivity index (χ4n) is 2.64. The van der Waals surface area contributed by atoms with Crippen LogP contribution in [0.5, 0.6) is 0 Å². The Kier molecular flexibility index (Phi) is 9.74. The van der Waals surface area contributed by atoms with E-state index in [-0.39, 0.29) is 0 Å². The van der Waals surface area contributed by atoms with E-state index in [1.165, 1.54) is 0 Å². The highest BCUT2D eigenvalue weighted by Crippen LogP contribution is 2.63. The maximum atomic E-state index is 14.6. The molecule has 0 aromatic heterocycles. The van der Waals surface area contributed by atoms with Gasteiger partial charge in [-0.2, -0.15) is 65.9 Å². The molecule has 230 valence electrons. The third-order valence-electron chi connectivity index (χ3n) is 5.33. The smallest absolute Gasteiger partial charge is 0.395 e. The largest absolute Gasteiger partial charge is 0.460 e. The van der Waals surface area contributed by atoms with Crippen molar-refractivity contribution < 1.29 is 99.9 Å². The first-order valence-electron chi connectivity index (χ1n) is 9.10. The van der Waals surface area contributed by atoms with E-state index in [1.807, 2.05) is 0 Å². The van der Waals surface area contributed by atoms with E-state index in [0.717, 1.165) is 0 Å². The summed E-state index contributed by atoms with van der Waals surface area (Å²) in [5, 5.41) is 37.5. The van der Waals surface area contributed by atoms with Crippen molar-refractivity contribution in [3.63, 3.8) is 0 Å². The Morgan fingerprint density at radius 2 is 0.897 bits per heavy atom. The predicted octanol–water partition coefficient (Wildman–Crippen LogP) is 3.96. The molecule has 0 aliphatic heterocycles. The van der Waals surface area contributed by atoms with Gasteiger partial charge in [0.25, 0.3) is 0 Å². The molecule has 1 unspecified atom stereocenters. The molecule has 1 atom stereocenters. The van der Waals surface area contributed by atoms with Crippen molar-refractivity contribution in [2.75, 3.05) is 19.8 Å². The zero-order valence-corrected chi connectivity index (χ0v) is 18.0. The Bertz CT molecular complexity index is 959. The molecule has 0 saturated carbocycles. The first-order chi connectivity index (χ1) is 17.0. The summed E-state index contributed by atoms with van der Waals surface area (Å²) in [4.78, 5) is 11.8. The van der Waals surface area contributed by atoms with Crippen LogP contribution in [-0.2, 0) is 4.79 Å². The SMILES string of the molecule is C=CC(=O)C(O)(C(F)=C(F)C(F)(F)C(F)(F)C(F)(F)C(F)(F)C(F)(F)C(F)(F)C(F)(F)F)C(CO)(CO)CO. The first-order valence-corrected chi connectivity index (χ1v) is 9.10. The van der Waals surface area contributed by atoms with Crippen LogP contribution in [0.4, 0.5) is 74.6 Å². The molecule has 0 rings (SSSR count). The molecule has 0 aromatic rings. The highest BCUT2D eigenvalue weighted by Gasteiger charge is 2.94. The number of ketones is 1. The summed E-state index contributed by atoms with van der Waals surface area (Å²) >= 11 is 0. The zero-order valence-electron chi connectivity index (χ0n) is 18.0. The van der Waals surface area contributed by atoms with Crippen LogP contribution in [0, 0.1) is 5.41 Å². The van der Waals surface area contributed by atoms with Crippen molar-refractivity contribution in [2.24, 2.45) is 5.41 Å². The molecule has 0 amide bonds. The maximum absolute atomic E-state index is 14.6. The Labute approximate surface area is 203 Å². The second-order valence-corrected chi connectivity index (χ2v) is 7.61. The Balaban J connectivity index is 7.51. The van der Waals surface area contributed by atoms with Crippen molar-refractivity contribution in [3.05, 3.63) is 24.3 Å². The van der Waals surface area contributed by atoms with Gasteiger partial charge in [0.05, 0.1) is 25.2 Å². The maximum Gasteiger partial charge on any atom is 0.460 e. The summed E-state index contributed by atoms with van der Waals surface area (Å²) in [6.07, 6.45) is -8.31. The summed E-state index contributed by atoms with van der Waals surface area (Å²) < 4.78 is 228. The average Bonchev–Trinajstić information content (AvgIpc) is 2.82. The lowest BCUT2D eigenvalue weighted by atomic mass is 9.69. The molecule has 0 aromatic carbocycles. The number of alkyl halides is 15. The summed E-state index contributed by atoms with van der Waals surface area (Å²) in [6, 6.07) is 0. The molecule has 0 aliphatic carbocycles. The van der Waals surface area contributed by atoms with Gasteiger partial charge < -0.3 is 20.4 Å². The van der Waals surface area contributed by atoms with Gasteiger partial charge >= 0.3 is 41.7 Å². The van der Waals surface area contributed by atoms with Crippen molar-refractivity contribution in [1.82, 2.24) is 0 Å². The molecule has 0 radical (unpaired) electrons. The second-order valence-electron chi connectivity index (χ2n) is 7.61. The Morgan fingerprint density at radius 1 is 0.590 bits per heavy atom. The number of aliphatic hydroxyl groups excluding tert-OH is 3. The highest BCUT2D eigenvalue weighted by atomic mass is 19.4. The molecule has 0 spiro atoms. The van der Waals surface area contributed by atoms with Crippen molar-refractivity contribution in [1.29, 1.82) is 0 Å². The molecular formula is C17H13F17O5. The van der Waals surface area contributed by atoms with Crippen LogP contribution in [0.15, 0.2) is 24.3 Å². The molecule has 4 N–H and O–H groups in total. The van der Waals surface area contributed by atoms with Crippen LogP contribution in [0.3, 0.4) is 0 Å². The number of aliphatic hydroxyl groups is 4. The molecule has 0 heterocycles. The monoisotopic (exact) mass is 620 g/mol. The molecule has 22 heteroatoms. The molecular weight excluding hydrogens is 607 g/mol. The van der Waals surface area contributed by atoms with Crippen LogP contribution in [0.2, 0.25) is 0 Å². The van der Waals surface area contributed by atoms with Crippen LogP contribution in [0.1, 0.15) is 0 Å². The van der Waals surface area contributed by atoms with Crippen molar-refractivity contribution in [2.45, 2.75) is 47.3 Å². The van der Waals surface area contributed by atoms with E-state index in [1.54, 1.807) is 0 Å². The Hall–Kier alpha value is -2.20. The standard InChI is InChI=1S/C17H13F17O5/c1-2-6(38)10(39,9(3-35,4-36)5-37)7(18)8(19)11(20,21)12(22,23)13(24,25)14(26,27)15(28,29)16(30,31)17(32,33)34/h2,35-37,39H,1,3-5H2. The van der Waals surface area contributed by atoms with Crippen molar-refractivity contribution >= 4 is 5.78 Å². The van der Waals surface area contributed by atoms with Crippen LogP contribution in [-0.4, -0.2) is 93.3 Å². The van der Waals surface area contributed by atoms with E-state index >= 15 is 0 Å². The van der Waals surface area contributed by atoms with E-state index in [4.69, 9.17) is 15.3 Å². The highest BCUT2D eigenvalue weighted by molar-refractivity contribution is 5.99. The molecule has 0 aliphatic rings. The number of halogens is 17. The third kappa shape index (κ3) is 4.65. The normalized spacial score (nSPS) is 17.5. The second kappa shape index (κ2) is 10.3. The van der Waals surface area contributed by atoms with Gasteiger partial charge in [-0.1, -0.05) is 6.58 Å². The topological polar surface area (TPSA) is 98.0 Å². The van der Waals surface area contributed by atoms with Gasteiger partial charge in [0.1, 0.15) is 0 Å². The lowest BCUT2D eigenvalue weighted by Crippen LogP contribution is -2.72. The fraction of sp³-hybridized carbons (Fsp3) is 0.706. The van der Waals surface area contributed by atoms with Gasteiger partial charge in [0.15, 0.2) is 17.2 Å². The summed E-state index contributed by atoms with van der Waals surface area (Å²) in [5.41, 5.74) is -8.79. The van der Waals surface area contributed by atoms with Crippen LogP contribution < -0.4 is 0 Å². The predicted molar refractivity (Wildman–Crippen MR) is 88.8 cm³/mol. The molecule has 0 bridgehead atoms. The number of rotatable bonds is 13. The summed E-state index contributed by atoms with van der Waals surface area (Å²) in [5.74, 6) is -63.1. The summed E-state index contributed by atoms with van der Waals surface area (Å²) in [6.45, 7) is -4.05. The van der Waals surface area contributed by atoms with Crippen LogP contribution >= 0.6 is 0 Å². The summed E-state index contributed by atoms with van der Waals surface area (Å²) in [7, 11) is 0. The fourth-order valence-corrected chi connectivity index (χ4v) is 2.64. The van der Waals surface area contributed by atoms with E-state index in [2.05, 4.69) is 6.58 Å². The van der Waals surface area contributed by atoms with Gasteiger partial charge in [0.2, 0.25) is 5.83 Å². The van der Waals surface area contributed by atoms with Crippen molar-refractivity contribution in [3.8, 4) is 0 Å². The number of hydrogen-bond donors (Lipinski definition) is 4. The minimum absolute atomic E-state index is 0.401. The lowest BCUT2D eigenvalue weighted by Gasteiger charge is -2.43. The number of hydrogen-bond acceptors (Lipinski definition) is 5.